The third-order valence-electron chi connectivity index (χ3n) is 9.77. The van der Waals surface area contributed by atoms with Crippen molar-refractivity contribution in [2.24, 2.45) is 11.7 Å². The highest BCUT2D eigenvalue weighted by atomic mass is 16.6. The van der Waals surface area contributed by atoms with E-state index in [1.807, 2.05) is 6.92 Å². The van der Waals surface area contributed by atoms with Gasteiger partial charge in [0.15, 0.2) is 0 Å². The normalized spacial score (nSPS) is 12.6. The number of phenols is 1. The summed E-state index contributed by atoms with van der Waals surface area (Å²) in [7, 11) is 0. The molecule has 0 bridgehead atoms. The van der Waals surface area contributed by atoms with Gasteiger partial charge in [0.05, 0.1) is 117 Å². The van der Waals surface area contributed by atoms with Crippen LogP contribution in [0.2, 0.25) is 0 Å². The van der Waals surface area contributed by atoms with E-state index in [-0.39, 0.29) is 75.7 Å². The second-order valence-corrected chi connectivity index (χ2v) is 17.3. The zero-order valence-electron chi connectivity index (χ0n) is 43.1. The van der Waals surface area contributed by atoms with Crippen LogP contribution in [0.5, 0.6) is 5.75 Å². The molecule has 0 aliphatic rings. The van der Waals surface area contributed by atoms with E-state index in [2.05, 4.69) is 26.6 Å². The van der Waals surface area contributed by atoms with E-state index in [0.29, 0.717) is 117 Å². The zero-order chi connectivity index (χ0) is 53.2. The van der Waals surface area contributed by atoms with Crippen molar-refractivity contribution in [3.8, 4) is 5.75 Å². The highest BCUT2D eigenvalue weighted by molar-refractivity contribution is 5.88. The number of carboxylic acid groups (broad SMARTS) is 1. The zero-order valence-corrected chi connectivity index (χ0v) is 43.1. The Balaban J connectivity index is 1.97. The summed E-state index contributed by atoms with van der Waals surface area (Å²) in [6.45, 7) is 14.5. The third kappa shape index (κ3) is 36.9. The summed E-state index contributed by atoms with van der Waals surface area (Å²) in [4.78, 5) is 72.4. The topological polar surface area (TPSA) is 321 Å². The molecule has 1 rings (SSSR count). The Kier molecular flexibility index (Phi) is 37.6. The van der Waals surface area contributed by atoms with Gasteiger partial charge in [-0.15, -0.1) is 0 Å². The fourth-order valence-corrected chi connectivity index (χ4v) is 6.12. The smallest absolute Gasteiger partial charge is 0.411 e. The molecule has 5 amide bonds. The van der Waals surface area contributed by atoms with Crippen molar-refractivity contribution in [2.45, 2.75) is 97.2 Å². The van der Waals surface area contributed by atoms with Crippen LogP contribution >= 0.6 is 0 Å². The molecule has 24 heteroatoms. The van der Waals surface area contributed by atoms with Crippen LogP contribution in [0, 0.1) is 5.92 Å². The Morgan fingerprint density at radius 2 is 1.17 bits per heavy atom. The number of nitrogens with one attached hydrogen (secondary N) is 5. The number of phenolic OH excluding ortho intramolecular Hbond substituents is 1. The number of aromatic hydroxyl groups is 1. The number of unbranched alkanes of at least 4 members (excludes halogenated alkanes) is 2. The molecule has 9 N–H and O–H groups in total. The highest BCUT2D eigenvalue weighted by Gasteiger charge is 2.24. The minimum Gasteiger partial charge on any atom is -0.506 e. The predicted molar refractivity (Wildman–Crippen MR) is 264 cm³/mol. The molecule has 0 heterocycles. The van der Waals surface area contributed by atoms with Gasteiger partial charge < -0.3 is 84.6 Å². The SMILES string of the molecule is CCCCNC(=O)[C@H](CCCCNC(=O)COCCOCCOCCOCCOCCOCCOCCOCCOC(=O)Nc1cc(C[C@@H](C[C@H](C)C(=O)O)NC(=O)OC(C)(C)C)ccc1O)NC(=O)CN. The molecule has 0 fully saturated rings. The average Bonchev–Trinajstić information content (AvgIpc) is 3.32. The summed E-state index contributed by atoms with van der Waals surface area (Å²) < 4.78 is 54.1. The molecule has 0 aliphatic heterocycles. The number of carbonyl (C=O) groups excluding carboxylic acids is 5. The van der Waals surface area contributed by atoms with Gasteiger partial charge in [0, 0.05) is 19.1 Å². The van der Waals surface area contributed by atoms with Crippen molar-refractivity contribution >= 4 is 41.6 Å². The summed E-state index contributed by atoms with van der Waals surface area (Å²) >= 11 is 0. The number of hydrogen-bond donors (Lipinski definition) is 8. The largest absolute Gasteiger partial charge is 0.506 e. The predicted octanol–water partition coefficient (Wildman–Crippen LogP) is 2.27. The second kappa shape index (κ2) is 41.5. The molecule has 72 heavy (non-hydrogen) atoms. The lowest BCUT2D eigenvalue weighted by atomic mass is 9.96. The Bertz CT molecular complexity index is 1650. The fourth-order valence-electron chi connectivity index (χ4n) is 6.12. The van der Waals surface area contributed by atoms with Crippen LogP contribution in [0.1, 0.15) is 78.7 Å². The maximum absolute atomic E-state index is 12.4. The van der Waals surface area contributed by atoms with Crippen LogP contribution < -0.4 is 32.3 Å². The van der Waals surface area contributed by atoms with Crippen LogP contribution in [0.4, 0.5) is 15.3 Å². The summed E-state index contributed by atoms with van der Waals surface area (Å²) in [5.41, 5.74) is 5.32. The second-order valence-electron chi connectivity index (χ2n) is 17.3. The van der Waals surface area contributed by atoms with Gasteiger partial charge in [0.1, 0.15) is 30.6 Å². The minimum absolute atomic E-state index is 0.0552. The molecule has 0 aromatic heterocycles. The first kappa shape index (κ1) is 65.1. The third-order valence-corrected chi connectivity index (χ3v) is 9.77. The van der Waals surface area contributed by atoms with E-state index in [9.17, 15) is 39.0 Å². The molecule has 0 saturated carbocycles. The number of alkyl carbamates (subject to hydrolysis) is 1. The lowest BCUT2D eigenvalue weighted by molar-refractivity contribution is -0.141. The summed E-state index contributed by atoms with van der Waals surface area (Å²) in [5, 5.41) is 33.2. The molecule has 414 valence electrons. The first-order valence-electron chi connectivity index (χ1n) is 24.7. The first-order valence-corrected chi connectivity index (χ1v) is 24.7. The Labute approximate surface area is 424 Å². The summed E-state index contributed by atoms with van der Waals surface area (Å²) in [5.74, 6) is -2.84. The van der Waals surface area contributed by atoms with E-state index in [1.54, 1.807) is 26.8 Å². The Morgan fingerprint density at radius 1 is 0.653 bits per heavy atom. The maximum atomic E-state index is 12.4. The number of amides is 5. The molecule has 0 saturated heterocycles. The van der Waals surface area contributed by atoms with Crippen molar-refractivity contribution in [1.29, 1.82) is 0 Å². The monoisotopic (exact) mass is 1030 g/mol. The first-order chi connectivity index (χ1) is 34.5. The van der Waals surface area contributed by atoms with Gasteiger partial charge in [0.2, 0.25) is 17.7 Å². The van der Waals surface area contributed by atoms with E-state index in [1.165, 1.54) is 19.1 Å². The molecule has 0 radical (unpaired) electrons. The average molecular weight is 1030 g/mol. The van der Waals surface area contributed by atoms with Gasteiger partial charge in [-0.05, 0) is 77.0 Å². The molecule has 3 atom stereocenters. The van der Waals surface area contributed by atoms with Gasteiger partial charge in [-0.2, -0.15) is 0 Å². The van der Waals surface area contributed by atoms with Crippen LogP contribution in [-0.4, -0.2) is 196 Å². The lowest BCUT2D eigenvalue weighted by Crippen LogP contribution is -2.48. The number of benzene rings is 1. The van der Waals surface area contributed by atoms with Gasteiger partial charge in [-0.1, -0.05) is 26.3 Å². The molecule has 1 aromatic rings. The van der Waals surface area contributed by atoms with Crippen molar-refractivity contribution in [2.75, 3.05) is 137 Å². The van der Waals surface area contributed by atoms with E-state index < -0.39 is 47.7 Å². The Hall–Kier alpha value is -4.92. The number of carbonyl (C=O) groups is 6. The number of rotatable bonds is 44. The number of carboxylic acids is 1. The number of ether oxygens (including phenoxy) is 10. The van der Waals surface area contributed by atoms with Gasteiger partial charge in [-0.3, -0.25) is 24.5 Å². The summed E-state index contributed by atoms with van der Waals surface area (Å²) in [6.07, 6.45) is 2.33. The van der Waals surface area contributed by atoms with Gasteiger partial charge in [-0.25, -0.2) is 9.59 Å². The van der Waals surface area contributed by atoms with Gasteiger partial charge >= 0.3 is 18.2 Å². The highest BCUT2D eigenvalue weighted by Crippen LogP contribution is 2.26. The van der Waals surface area contributed by atoms with E-state index >= 15 is 0 Å². The van der Waals surface area contributed by atoms with Crippen LogP contribution in [0.15, 0.2) is 18.2 Å². The maximum Gasteiger partial charge on any atom is 0.411 e. The van der Waals surface area contributed by atoms with Crippen molar-refractivity contribution < 1.29 is 86.3 Å². The van der Waals surface area contributed by atoms with Crippen LogP contribution in [0.3, 0.4) is 0 Å². The standard InChI is InChI=1S/C48H84N6O18/c1-6-7-13-51-44(58)39(53-42(56)34-49)10-8-9-14-50-43(57)35-70-28-27-68-24-23-66-20-19-64-16-15-63-17-18-65-21-22-67-25-26-69-29-30-71-46(61)54-40-33-37(11-12-41(40)55)32-38(31-36(2)45(59)60)52-47(62)72-48(3,4)5/h11-12,33,36,38-39,55H,6-10,13-32,34-35,49H2,1-5H3,(H,50,57)(H,51,58)(H,52,62)(H,53,56)(H,54,61)(H,59,60)/t36-,38+,39-/m0/s1. The number of aliphatic carboxylic acids is 1. The molecule has 1 aromatic carbocycles. The number of nitrogens with two attached hydrogens (primary N) is 1. The van der Waals surface area contributed by atoms with Gasteiger partial charge in [0.25, 0.3) is 0 Å². The van der Waals surface area contributed by atoms with E-state index in [0.717, 1.165) is 12.8 Å². The van der Waals surface area contributed by atoms with Crippen molar-refractivity contribution in [1.82, 2.24) is 21.3 Å². The van der Waals surface area contributed by atoms with E-state index in [4.69, 9.17) is 53.1 Å². The fraction of sp³-hybridized carbons (Fsp3) is 0.750. The van der Waals surface area contributed by atoms with Crippen molar-refractivity contribution in [3.05, 3.63) is 23.8 Å². The minimum atomic E-state index is -1.01. The molecular formula is C48H84N6O18. The quantitative estimate of drug-likeness (QED) is 0.0343. The number of anilines is 1. The van der Waals surface area contributed by atoms with Crippen LogP contribution in [-0.2, 0) is 73.0 Å². The molecule has 0 spiro atoms. The summed E-state index contributed by atoms with van der Waals surface area (Å²) in [6, 6.07) is 3.24. The molecule has 0 aliphatic carbocycles. The molecular weight excluding hydrogens is 949 g/mol. The van der Waals surface area contributed by atoms with Crippen molar-refractivity contribution in [3.63, 3.8) is 0 Å². The molecule has 0 unspecified atom stereocenters. The molecule has 24 nitrogen and oxygen atoms in total. The number of hydrogen-bond acceptors (Lipinski definition) is 18. The van der Waals surface area contributed by atoms with Crippen LogP contribution in [0.25, 0.3) is 0 Å². The Morgan fingerprint density at radius 3 is 1.67 bits per heavy atom. The lowest BCUT2D eigenvalue weighted by Gasteiger charge is -2.25.